The molecule has 1 aromatic carbocycles. The molecule has 0 aromatic heterocycles. The first-order valence-electron chi connectivity index (χ1n) is 10.6. The minimum atomic E-state index is -0.211. The number of rotatable bonds is 7. The van der Waals surface area contributed by atoms with Crippen molar-refractivity contribution in [2.75, 3.05) is 39.4 Å². The van der Waals surface area contributed by atoms with Crippen LogP contribution in [-0.2, 0) is 16.1 Å². The van der Waals surface area contributed by atoms with Crippen LogP contribution in [0.3, 0.4) is 0 Å². The molecule has 6 heteroatoms. The van der Waals surface area contributed by atoms with Crippen LogP contribution in [0.25, 0.3) is 0 Å². The van der Waals surface area contributed by atoms with Gasteiger partial charge in [-0.15, -0.1) is 0 Å². The van der Waals surface area contributed by atoms with E-state index in [9.17, 15) is 9.18 Å². The van der Waals surface area contributed by atoms with Gasteiger partial charge in [0.2, 0.25) is 5.91 Å². The topological polar surface area (TPSA) is 44.8 Å². The molecule has 156 valence electrons. The first-order chi connectivity index (χ1) is 13.5. The Hall–Kier alpha value is -1.50. The average molecular weight is 392 g/mol. The van der Waals surface area contributed by atoms with Gasteiger partial charge >= 0.3 is 0 Å². The summed E-state index contributed by atoms with van der Waals surface area (Å²) in [6.45, 7) is 9.54. The molecule has 1 amide bonds. The Morgan fingerprint density at radius 1 is 1.25 bits per heavy atom. The Morgan fingerprint density at radius 2 is 2.04 bits per heavy atom. The van der Waals surface area contributed by atoms with Crippen LogP contribution in [-0.4, -0.2) is 67.2 Å². The normalized spacial score (nSPS) is 22.9. The first kappa shape index (κ1) is 21.2. The number of nitrogens with one attached hydrogen (secondary N) is 1. The van der Waals surface area contributed by atoms with Crippen molar-refractivity contribution in [3.8, 4) is 0 Å². The zero-order valence-electron chi connectivity index (χ0n) is 17.2. The number of ether oxygens (including phenoxy) is 1. The number of likely N-dealkylation sites (tertiary alicyclic amines) is 1. The number of halogens is 1. The van der Waals surface area contributed by atoms with E-state index in [4.69, 9.17) is 4.74 Å². The van der Waals surface area contributed by atoms with Gasteiger partial charge in [0.15, 0.2) is 0 Å². The number of amides is 1. The molecule has 0 spiro atoms. The van der Waals surface area contributed by atoms with Crippen LogP contribution in [0.1, 0.15) is 38.7 Å². The van der Waals surface area contributed by atoms with Gasteiger partial charge in [0, 0.05) is 19.6 Å². The molecule has 0 bridgehead atoms. The van der Waals surface area contributed by atoms with E-state index in [1.165, 1.54) is 25.3 Å². The van der Waals surface area contributed by atoms with E-state index in [0.717, 1.165) is 25.2 Å². The SMILES string of the molecule is CC(C)C(C(=O)NCC1COCCN1Cc1cccc(F)c1)N1CCCCC1. The highest BCUT2D eigenvalue weighted by molar-refractivity contribution is 5.82. The lowest BCUT2D eigenvalue weighted by Gasteiger charge is -2.38. The second-order valence-electron chi connectivity index (χ2n) is 8.36. The summed E-state index contributed by atoms with van der Waals surface area (Å²) in [6, 6.07) is 6.77. The molecule has 3 rings (SSSR count). The lowest BCUT2D eigenvalue weighted by atomic mass is 9.98. The van der Waals surface area contributed by atoms with Crippen LogP contribution in [0.4, 0.5) is 4.39 Å². The number of carbonyl (C=O) groups is 1. The molecule has 2 atom stereocenters. The van der Waals surface area contributed by atoms with Gasteiger partial charge in [0.05, 0.1) is 25.3 Å². The van der Waals surface area contributed by atoms with Crippen molar-refractivity contribution in [1.29, 1.82) is 0 Å². The van der Waals surface area contributed by atoms with Crippen LogP contribution >= 0.6 is 0 Å². The summed E-state index contributed by atoms with van der Waals surface area (Å²) < 4.78 is 19.2. The molecule has 2 aliphatic rings. The van der Waals surface area contributed by atoms with Crippen molar-refractivity contribution >= 4 is 5.91 Å². The van der Waals surface area contributed by atoms with Gasteiger partial charge in [-0.25, -0.2) is 4.39 Å². The van der Waals surface area contributed by atoms with E-state index in [2.05, 4.69) is 29.0 Å². The Labute approximate surface area is 168 Å². The van der Waals surface area contributed by atoms with Gasteiger partial charge in [-0.05, 0) is 49.5 Å². The molecule has 5 nitrogen and oxygen atoms in total. The highest BCUT2D eigenvalue weighted by Gasteiger charge is 2.31. The Bertz CT molecular complexity index is 634. The Morgan fingerprint density at radius 3 is 2.75 bits per heavy atom. The van der Waals surface area contributed by atoms with Crippen molar-refractivity contribution in [2.45, 2.75) is 51.7 Å². The van der Waals surface area contributed by atoms with Crippen molar-refractivity contribution in [2.24, 2.45) is 5.92 Å². The highest BCUT2D eigenvalue weighted by Crippen LogP contribution is 2.18. The zero-order chi connectivity index (χ0) is 19.9. The molecule has 0 aliphatic carbocycles. The van der Waals surface area contributed by atoms with Crippen LogP contribution in [0.15, 0.2) is 24.3 Å². The number of hydrogen-bond acceptors (Lipinski definition) is 4. The smallest absolute Gasteiger partial charge is 0.237 e. The van der Waals surface area contributed by atoms with E-state index in [-0.39, 0.29) is 29.7 Å². The highest BCUT2D eigenvalue weighted by atomic mass is 19.1. The van der Waals surface area contributed by atoms with Gasteiger partial charge in [0.1, 0.15) is 5.82 Å². The maximum absolute atomic E-state index is 13.5. The predicted molar refractivity (Wildman–Crippen MR) is 108 cm³/mol. The molecule has 2 saturated heterocycles. The number of morpholine rings is 1. The van der Waals surface area contributed by atoms with Crippen LogP contribution in [0.5, 0.6) is 0 Å². The maximum atomic E-state index is 13.5. The molecule has 2 aliphatic heterocycles. The Balaban J connectivity index is 1.57. The van der Waals surface area contributed by atoms with Crippen LogP contribution in [0, 0.1) is 11.7 Å². The van der Waals surface area contributed by atoms with E-state index in [0.29, 0.717) is 26.3 Å². The largest absolute Gasteiger partial charge is 0.378 e. The fraction of sp³-hybridized carbons (Fsp3) is 0.682. The van der Waals surface area contributed by atoms with Crippen molar-refractivity contribution in [3.05, 3.63) is 35.6 Å². The number of piperidine rings is 1. The third kappa shape index (κ3) is 5.75. The monoisotopic (exact) mass is 391 g/mol. The number of benzene rings is 1. The van der Waals surface area contributed by atoms with Crippen molar-refractivity contribution < 1.29 is 13.9 Å². The summed E-state index contributed by atoms with van der Waals surface area (Å²) in [6.07, 6.45) is 3.61. The summed E-state index contributed by atoms with van der Waals surface area (Å²) in [7, 11) is 0. The summed E-state index contributed by atoms with van der Waals surface area (Å²) in [5.74, 6) is 0.189. The van der Waals surface area contributed by atoms with E-state index < -0.39 is 0 Å². The van der Waals surface area contributed by atoms with Crippen LogP contribution < -0.4 is 5.32 Å². The lowest BCUT2D eigenvalue weighted by molar-refractivity contribution is -0.129. The molecule has 2 heterocycles. The quantitative estimate of drug-likeness (QED) is 0.776. The first-order valence-corrected chi connectivity index (χ1v) is 10.6. The van der Waals surface area contributed by atoms with E-state index in [1.54, 1.807) is 12.1 Å². The summed E-state index contributed by atoms with van der Waals surface area (Å²) >= 11 is 0. The number of carbonyl (C=O) groups excluding carboxylic acids is 1. The number of hydrogen-bond donors (Lipinski definition) is 1. The van der Waals surface area contributed by atoms with Crippen LogP contribution in [0.2, 0.25) is 0 Å². The third-order valence-corrected chi connectivity index (χ3v) is 5.82. The summed E-state index contributed by atoms with van der Waals surface area (Å²) in [5.41, 5.74) is 0.951. The number of nitrogens with zero attached hydrogens (tertiary/aromatic N) is 2. The molecular weight excluding hydrogens is 357 g/mol. The predicted octanol–water partition coefficient (Wildman–Crippen LogP) is 2.65. The van der Waals surface area contributed by atoms with Gasteiger partial charge in [-0.1, -0.05) is 32.4 Å². The van der Waals surface area contributed by atoms with Gasteiger partial charge in [-0.3, -0.25) is 14.6 Å². The molecule has 1 aromatic rings. The van der Waals surface area contributed by atoms with E-state index in [1.807, 2.05) is 6.07 Å². The molecule has 1 N–H and O–H groups in total. The zero-order valence-corrected chi connectivity index (χ0v) is 17.2. The summed E-state index contributed by atoms with van der Waals surface area (Å²) in [5, 5.41) is 3.18. The van der Waals surface area contributed by atoms with Gasteiger partial charge in [-0.2, -0.15) is 0 Å². The third-order valence-electron chi connectivity index (χ3n) is 5.82. The molecule has 2 fully saturated rings. The molecule has 28 heavy (non-hydrogen) atoms. The van der Waals surface area contributed by atoms with Gasteiger partial charge < -0.3 is 10.1 Å². The molecule has 2 unspecified atom stereocenters. The summed E-state index contributed by atoms with van der Waals surface area (Å²) in [4.78, 5) is 17.6. The molecule has 0 saturated carbocycles. The standard InChI is InChI=1S/C22H34FN3O2/c1-17(2)21(25-9-4-3-5-10-25)22(27)24-14-20-16-28-12-11-26(20)15-18-7-6-8-19(23)13-18/h6-8,13,17,20-21H,3-5,9-12,14-16H2,1-2H3,(H,24,27). The fourth-order valence-electron chi connectivity index (χ4n) is 4.36. The van der Waals surface area contributed by atoms with E-state index >= 15 is 0 Å². The average Bonchev–Trinajstić information content (AvgIpc) is 2.68. The second kappa shape index (κ2) is 10.3. The molecule has 0 radical (unpaired) electrons. The van der Waals surface area contributed by atoms with Crippen molar-refractivity contribution in [1.82, 2.24) is 15.1 Å². The maximum Gasteiger partial charge on any atom is 0.237 e. The molecular formula is C22H34FN3O2. The minimum Gasteiger partial charge on any atom is -0.378 e. The fourth-order valence-corrected chi connectivity index (χ4v) is 4.36. The van der Waals surface area contributed by atoms with Gasteiger partial charge in [0.25, 0.3) is 0 Å². The Kier molecular flexibility index (Phi) is 7.82. The lowest BCUT2D eigenvalue weighted by Crippen LogP contribution is -2.55. The minimum absolute atomic E-state index is 0.0681. The second-order valence-corrected chi connectivity index (χ2v) is 8.36. The van der Waals surface area contributed by atoms with Crippen molar-refractivity contribution in [3.63, 3.8) is 0 Å².